The molecule has 96 valence electrons. The first kappa shape index (κ1) is 12.4. The predicted octanol–water partition coefficient (Wildman–Crippen LogP) is 0.988. The van der Waals surface area contributed by atoms with E-state index >= 15 is 0 Å². The predicted molar refractivity (Wildman–Crippen MR) is 62.4 cm³/mol. The number of carbonyl (C=O) groups excluding carboxylic acids is 2. The Kier molecular flexibility index (Phi) is 2.89. The van der Waals surface area contributed by atoms with Crippen molar-refractivity contribution < 1.29 is 14.3 Å². The van der Waals surface area contributed by atoms with Gasteiger partial charge >= 0.3 is 6.03 Å². The quantitative estimate of drug-likeness (QED) is 0.748. The normalized spacial score (nSPS) is 31.7. The maximum Gasteiger partial charge on any atom is 0.324 e. The van der Waals surface area contributed by atoms with E-state index in [2.05, 4.69) is 5.32 Å². The van der Waals surface area contributed by atoms with Gasteiger partial charge in [0.15, 0.2) is 0 Å². The molecular weight excluding hydrogens is 220 g/mol. The molecule has 5 heteroatoms. The summed E-state index contributed by atoms with van der Waals surface area (Å²) < 4.78 is 5.08. The number of nitrogens with zero attached hydrogens (tertiary/aromatic N) is 1. The Morgan fingerprint density at radius 2 is 2.06 bits per heavy atom. The van der Waals surface area contributed by atoms with Gasteiger partial charge in [0.05, 0.1) is 24.7 Å². The van der Waals surface area contributed by atoms with Gasteiger partial charge in [0, 0.05) is 6.04 Å². The van der Waals surface area contributed by atoms with Crippen LogP contribution < -0.4 is 5.32 Å². The van der Waals surface area contributed by atoms with E-state index in [1.165, 1.54) is 4.90 Å². The second-order valence-corrected chi connectivity index (χ2v) is 5.76. The summed E-state index contributed by atoms with van der Waals surface area (Å²) in [5, 5.41) is 2.93. The SMILES string of the molecule is CC(C)C1NC(=O)N(CC2CO2)C(=O)C1(C)C. The summed E-state index contributed by atoms with van der Waals surface area (Å²) in [4.78, 5) is 25.5. The highest BCUT2D eigenvalue weighted by Crippen LogP contribution is 2.32. The van der Waals surface area contributed by atoms with Gasteiger partial charge in [0.2, 0.25) is 5.91 Å². The maximum atomic E-state index is 12.3. The number of ether oxygens (including phenoxy) is 1. The molecule has 2 fully saturated rings. The highest BCUT2D eigenvalue weighted by molar-refractivity contribution is 6.00. The number of epoxide rings is 1. The summed E-state index contributed by atoms with van der Waals surface area (Å²) in [6.07, 6.45) is 0.0381. The zero-order valence-corrected chi connectivity index (χ0v) is 10.8. The number of nitrogens with one attached hydrogen (secondary N) is 1. The zero-order chi connectivity index (χ0) is 12.8. The van der Waals surface area contributed by atoms with Crippen LogP contribution in [0.25, 0.3) is 0 Å². The molecular formula is C12H20N2O3. The smallest absolute Gasteiger partial charge is 0.324 e. The van der Waals surface area contributed by atoms with Crippen molar-refractivity contribution >= 4 is 11.9 Å². The van der Waals surface area contributed by atoms with E-state index in [0.717, 1.165) is 0 Å². The average Bonchev–Trinajstić information content (AvgIpc) is 3.02. The summed E-state index contributed by atoms with van der Waals surface area (Å²) in [5.41, 5.74) is -0.559. The molecule has 0 aromatic heterocycles. The fourth-order valence-electron chi connectivity index (χ4n) is 2.51. The number of imide groups is 1. The van der Waals surface area contributed by atoms with Crippen LogP contribution in [0.1, 0.15) is 27.7 Å². The van der Waals surface area contributed by atoms with Gasteiger partial charge in [-0.25, -0.2) is 4.79 Å². The maximum absolute atomic E-state index is 12.3. The molecule has 0 spiro atoms. The fraction of sp³-hybridized carbons (Fsp3) is 0.833. The van der Waals surface area contributed by atoms with Crippen LogP contribution in [-0.4, -0.2) is 42.1 Å². The third kappa shape index (κ3) is 2.16. The summed E-state index contributed by atoms with van der Waals surface area (Å²) in [7, 11) is 0. The highest BCUT2D eigenvalue weighted by Gasteiger charge is 2.49. The summed E-state index contributed by atoms with van der Waals surface area (Å²) in [6.45, 7) is 8.82. The Balaban J connectivity index is 2.18. The fourth-order valence-corrected chi connectivity index (χ4v) is 2.51. The number of rotatable bonds is 3. The molecule has 2 saturated heterocycles. The van der Waals surface area contributed by atoms with Gasteiger partial charge in [-0.3, -0.25) is 9.69 Å². The summed E-state index contributed by atoms with van der Waals surface area (Å²) in [6, 6.07) is -0.401. The number of carbonyl (C=O) groups is 2. The number of urea groups is 1. The minimum atomic E-state index is -0.559. The molecule has 3 amide bonds. The van der Waals surface area contributed by atoms with Gasteiger partial charge in [0.1, 0.15) is 0 Å². The van der Waals surface area contributed by atoms with E-state index < -0.39 is 5.41 Å². The Bertz CT molecular complexity index is 348. The molecule has 1 N–H and O–H groups in total. The van der Waals surface area contributed by atoms with E-state index in [4.69, 9.17) is 4.74 Å². The van der Waals surface area contributed by atoms with Crippen molar-refractivity contribution in [3.63, 3.8) is 0 Å². The molecule has 2 unspecified atom stereocenters. The van der Waals surface area contributed by atoms with Gasteiger partial charge in [-0.05, 0) is 19.8 Å². The molecule has 0 saturated carbocycles. The van der Waals surface area contributed by atoms with Gasteiger partial charge in [-0.15, -0.1) is 0 Å². The molecule has 5 nitrogen and oxygen atoms in total. The summed E-state index contributed by atoms with van der Waals surface area (Å²) >= 11 is 0. The van der Waals surface area contributed by atoms with E-state index in [1.54, 1.807) is 0 Å². The lowest BCUT2D eigenvalue weighted by molar-refractivity contribution is -0.142. The van der Waals surface area contributed by atoms with Crippen molar-refractivity contribution in [3.05, 3.63) is 0 Å². The number of hydrogen-bond donors (Lipinski definition) is 1. The highest BCUT2D eigenvalue weighted by atomic mass is 16.6. The standard InChI is InChI=1S/C12H20N2O3/c1-7(2)9-12(3,4)10(15)14(11(16)13-9)5-8-6-17-8/h7-9H,5-6H2,1-4H3,(H,13,16). The lowest BCUT2D eigenvalue weighted by atomic mass is 9.76. The second kappa shape index (κ2) is 3.98. The zero-order valence-electron chi connectivity index (χ0n) is 10.8. The van der Waals surface area contributed by atoms with E-state index in [9.17, 15) is 9.59 Å². The number of hydrogen-bond acceptors (Lipinski definition) is 3. The molecule has 2 rings (SSSR count). The molecule has 2 aliphatic heterocycles. The molecule has 17 heavy (non-hydrogen) atoms. The first-order valence-electron chi connectivity index (χ1n) is 6.08. The first-order valence-corrected chi connectivity index (χ1v) is 6.08. The average molecular weight is 240 g/mol. The number of amides is 3. The van der Waals surface area contributed by atoms with E-state index in [-0.39, 0.29) is 30.0 Å². The summed E-state index contributed by atoms with van der Waals surface area (Å²) in [5.74, 6) is 0.132. The van der Waals surface area contributed by atoms with E-state index in [0.29, 0.717) is 13.2 Å². The molecule has 2 heterocycles. The monoisotopic (exact) mass is 240 g/mol. The minimum absolute atomic E-state index is 0.0381. The molecule has 0 radical (unpaired) electrons. The lowest BCUT2D eigenvalue weighted by Crippen LogP contribution is -2.65. The van der Waals surface area contributed by atoms with Gasteiger partial charge in [0.25, 0.3) is 0 Å². The van der Waals surface area contributed by atoms with Crippen LogP contribution in [-0.2, 0) is 9.53 Å². The third-order valence-corrected chi connectivity index (χ3v) is 3.55. The van der Waals surface area contributed by atoms with Gasteiger partial charge < -0.3 is 10.1 Å². The van der Waals surface area contributed by atoms with Crippen LogP contribution in [0, 0.1) is 11.3 Å². The van der Waals surface area contributed by atoms with Crippen molar-refractivity contribution in [2.45, 2.75) is 39.8 Å². The van der Waals surface area contributed by atoms with Crippen molar-refractivity contribution in [1.29, 1.82) is 0 Å². The van der Waals surface area contributed by atoms with Crippen LogP contribution >= 0.6 is 0 Å². The lowest BCUT2D eigenvalue weighted by Gasteiger charge is -2.44. The Labute approximate surface area is 101 Å². The van der Waals surface area contributed by atoms with Crippen LogP contribution in [0.5, 0.6) is 0 Å². The van der Waals surface area contributed by atoms with Crippen LogP contribution in [0.3, 0.4) is 0 Å². The first-order chi connectivity index (χ1) is 7.84. The van der Waals surface area contributed by atoms with Gasteiger partial charge in [-0.1, -0.05) is 13.8 Å². The molecule has 0 aliphatic carbocycles. The third-order valence-electron chi connectivity index (χ3n) is 3.55. The van der Waals surface area contributed by atoms with Gasteiger partial charge in [-0.2, -0.15) is 0 Å². The Hall–Kier alpha value is -1.10. The van der Waals surface area contributed by atoms with Crippen LogP contribution in [0.15, 0.2) is 0 Å². The Morgan fingerprint density at radius 3 is 2.53 bits per heavy atom. The van der Waals surface area contributed by atoms with Crippen LogP contribution in [0.2, 0.25) is 0 Å². The van der Waals surface area contributed by atoms with Crippen molar-refractivity contribution in [3.8, 4) is 0 Å². The van der Waals surface area contributed by atoms with Crippen molar-refractivity contribution in [1.82, 2.24) is 10.2 Å². The van der Waals surface area contributed by atoms with Crippen LogP contribution in [0.4, 0.5) is 4.79 Å². The molecule has 2 aliphatic rings. The largest absolute Gasteiger partial charge is 0.371 e. The molecule has 0 aromatic carbocycles. The molecule has 2 atom stereocenters. The van der Waals surface area contributed by atoms with Crippen molar-refractivity contribution in [2.24, 2.45) is 11.3 Å². The molecule has 0 aromatic rings. The molecule has 0 bridgehead atoms. The minimum Gasteiger partial charge on any atom is -0.371 e. The second-order valence-electron chi connectivity index (χ2n) is 5.76. The van der Waals surface area contributed by atoms with Crippen molar-refractivity contribution in [2.75, 3.05) is 13.2 Å². The topological polar surface area (TPSA) is 61.9 Å². The van der Waals surface area contributed by atoms with E-state index in [1.807, 2.05) is 27.7 Å². The Morgan fingerprint density at radius 1 is 1.47 bits per heavy atom.